The van der Waals surface area contributed by atoms with Crippen LogP contribution in [0.5, 0.6) is 0 Å². The molecule has 2 aliphatic rings. The molecule has 10 heteroatoms. The van der Waals surface area contributed by atoms with Crippen molar-refractivity contribution in [2.45, 2.75) is 30.4 Å². The summed E-state index contributed by atoms with van der Waals surface area (Å²) in [6.07, 6.45) is 1.39. The van der Waals surface area contributed by atoms with Crippen LogP contribution in [-0.2, 0) is 9.59 Å². The van der Waals surface area contributed by atoms with Crippen LogP contribution in [0, 0.1) is 0 Å². The van der Waals surface area contributed by atoms with Crippen LogP contribution in [0.15, 0.2) is 27.7 Å². The summed E-state index contributed by atoms with van der Waals surface area (Å²) < 4.78 is 0. The number of thioether (sulfide) groups is 1. The molecule has 0 unspecified atom stereocenters. The zero-order chi connectivity index (χ0) is 19.7. The van der Waals surface area contributed by atoms with E-state index < -0.39 is 16.4 Å². The number of rotatable bonds is 4. The van der Waals surface area contributed by atoms with E-state index in [1.165, 1.54) is 6.07 Å². The lowest BCUT2D eigenvalue weighted by Gasteiger charge is -2.32. The van der Waals surface area contributed by atoms with E-state index in [0.717, 1.165) is 17.3 Å². The molecule has 2 aliphatic heterocycles. The molecule has 0 radical (unpaired) electrons. The number of hydrogen-bond acceptors (Lipinski definition) is 7. The Labute approximate surface area is 168 Å². The van der Waals surface area contributed by atoms with Crippen LogP contribution in [0.2, 0.25) is 0 Å². The average molecular weight is 419 g/mol. The highest BCUT2D eigenvalue weighted by atomic mass is 32.2. The molecule has 2 N–H and O–H groups in total. The van der Waals surface area contributed by atoms with Crippen LogP contribution in [0.25, 0.3) is 11.3 Å². The molecule has 2 fully saturated rings. The van der Waals surface area contributed by atoms with Gasteiger partial charge in [0.25, 0.3) is 10.8 Å². The second-order valence-corrected chi connectivity index (χ2v) is 8.73. The van der Waals surface area contributed by atoms with Crippen molar-refractivity contribution in [1.82, 2.24) is 20.2 Å². The number of piperidine rings is 1. The molecule has 2 aromatic rings. The molecule has 0 bridgehead atoms. The molecule has 2 aromatic heterocycles. The zero-order valence-corrected chi connectivity index (χ0v) is 16.5. The third-order valence-electron chi connectivity index (χ3n) is 4.94. The van der Waals surface area contributed by atoms with Crippen LogP contribution >= 0.6 is 23.1 Å². The van der Waals surface area contributed by atoms with Crippen molar-refractivity contribution in [1.29, 1.82) is 0 Å². The Hall–Kier alpha value is -2.46. The predicted molar refractivity (Wildman–Crippen MR) is 106 cm³/mol. The highest BCUT2D eigenvalue weighted by Crippen LogP contribution is 2.29. The number of thiophene rings is 1. The number of nitrogens with one attached hydrogen (secondary N) is 2. The molecule has 4 heterocycles. The molecule has 0 saturated carbocycles. The van der Waals surface area contributed by atoms with Crippen LogP contribution < -0.4 is 10.9 Å². The smallest absolute Gasteiger partial charge is 0.286 e. The molecule has 4 rings (SSSR count). The number of likely N-dealkylation sites (tertiary alicyclic amines) is 1. The van der Waals surface area contributed by atoms with Crippen LogP contribution in [0.3, 0.4) is 0 Å². The van der Waals surface area contributed by atoms with Gasteiger partial charge < -0.3 is 9.88 Å². The van der Waals surface area contributed by atoms with Crippen LogP contribution in [0.4, 0.5) is 4.79 Å². The fourth-order valence-corrected chi connectivity index (χ4v) is 4.91. The maximum atomic E-state index is 12.5. The molecular formula is C18H18N4O4S2. The number of carbonyl (C=O) groups excluding carboxylic acids is 3. The van der Waals surface area contributed by atoms with E-state index in [2.05, 4.69) is 15.3 Å². The SMILES string of the molecule is O=C1NC(=O)[C@@H](CC(=O)N2CCC(c3nc(-c4ccsc4)cc(=O)[nH]3)CC2)S1. The van der Waals surface area contributed by atoms with E-state index in [-0.39, 0.29) is 23.8 Å². The van der Waals surface area contributed by atoms with Gasteiger partial charge in [-0.3, -0.25) is 24.5 Å². The normalized spacial score (nSPS) is 20.4. The van der Waals surface area contributed by atoms with Crippen LogP contribution in [0.1, 0.15) is 31.0 Å². The minimum absolute atomic E-state index is 0.0234. The topological polar surface area (TPSA) is 112 Å². The van der Waals surface area contributed by atoms with Gasteiger partial charge in [-0.1, -0.05) is 11.8 Å². The van der Waals surface area contributed by atoms with Gasteiger partial charge in [0.2, 0.25) is 11.8 Å². The average Bonchev–Trinajstić information content (AvgIpc) is 3.31. The van der Waals surface area contributed by atoms with Crippen molar-refractivity contribution in [3.8, 4) is 11.3 Å². The van der Waals surface area contributed by atoms with Gasteiger partial charge >= 0.3 is 0 Å². The molecule has 2 saturated heterocycles. The minimum atomic E-state index is -0.641. The van der Waals surface area contributed by atoms with E-state index in [1.807, 2.05) is 16.8 Å². The largest absolute Gasteiger partial charge is 0.343 e. The number of hydrogen-bond donors (Lipinski definition) is 2. The Balaban J connectivity index is 1.39. The van der Waals surface area contributed by atoms with Gasteiger partial charge in [-0.05, 0) is 24.3 Å². The van der Waals surface area contributed by atoms with Crippen molar-refractivity contribution in [2.24, 2.45) is 0 Å². The second-order valence-electron chi connectivity index (χ2n) is 6.77. The van der Waals surface area contributed by atoms with Gasteiger partial charge in [-0.2, -0.15) is 11.3 Å². The number of carbonyl (C=O) groups is 3. The predicted octanol–water partition coefficient (Wildman–Crippen LogP) is 1.95. The molecule has 0 spiro atoms. The third-order valence-corrected chi connectivity index (χ3v) is 6.60. The highest BCUT2D eigenvalue weighted by molar-refractivity contribution is 8.15. The summed E-state index contributed by atoms with van der Waals surface area (Å²) in [5.41, 5.74) is 1.40. The Morgan fingerprint density at radius 2 is 2.04 bits per heavy atom. The van der Waals surface area contributed by atoms with Gasteiger partial charge in [0.15, 0.2) is 0 Å². The minimum Gasteiger partial charge on any atom is -0.343 e. The summed E-state index contributed by atoms with van der Waals surface area (Å²) >= 11 is 2.42. The Morgan fingerprint density at radius 1 is 1.25 bits per heavy atom. The first-order valence-corrected chi connectivity index (χ1v) is 10.7. The standard InChI is InChI=1S/C18H18N4O4S2/c23-14-7-12(11-3-6-27-9-11)19-16(20-14)10-1-4-22(5-2-10)15(24)8-13-17(25)21-18(26)28-13/h3,6-7,9-10,13H,1-2,4-5,8H2,(H,19,20,23)(H,21,25,26)/t13-/m1/s1. The van der Waals surface area contributed by atoms with Gasteiger partial charge in [0.1, 0.15) is 11.1 Å². The van der Waals surface area contributed by atoms with E-state index >= 15 is 0 Å². The Bertz CT molecular complexity index is 964. The van der Waals surface area contributed by atoms with Crippen LogP contribution in [-0.4, -0.2) is 50.3 Å². The van der Waals surface area contributed by atoms with E-state index in [9.17, 15) is 19.2 Å². The number of amides is 3. The maximum absolute atomic E-state index is 12.5. The summed E-state index contributed by atoms with van der Waals surface area (Å²) in [5.74, 6) is 0.192. The van der Waals surface area contributed by atoms with Gasteiger partial charge in [0, 0.05) is 42.4 Å². The summed E-state index contributed by atoms with van der Waals surface area (Å²) in [6, 6.07) is 3.43. The molecule has 28 heavy (non-hydrogen) atoms. The first-order chi connectivity index (χ1) is 13.5. The molecule has 146 valence electrons. The summed E-state index contributed by atoms with van der Waals surface area (Å²) in [6.45, 7) is 1.06. The monoisotopic (exact) mass is 418 g/mol. The number of aromatic amines is 1. The van der Waals surface area contributed by atoms with E-state index in [0.29, 0.717) is 37.4 Å². The second kappa shape index (κ2) is 7.88. The quantitative estimate of drug-likeness (QED) is 0.785. The van der Waals surface area contributed by atoms with Crippen molar-refractivity contribution < 1.29 is 14.4 Å². The summed E-state index contributed by atoms with van der Waals surface area (Å²) in [5, 5.41) is 5.05. The first kappa shape index (κ1) is 18.9. The van der Waals surface area contributed by atoms with Crippen molar-refractivity contribution in [3.63, 3.8) is 0 Å². The number of H-pyrrole nitrogens is 1. The molecule has 0 aromatic carbocycles. The zero-order valence-electron chi connectivity index (χ0n) is 14.8. The van der Waals surface area contributed by atoms with Gasteiger partial charge in [0.05, 0.1) is 5.69 Å². The summed E-state index contributed by atoms with van der Waals surface area (Å²) in [7, 11) is 0. The maximum Gasteiger partial charge on any atom is 0.286 e. The lowest BCUT2D eigenvalue weighted by molar-refractivity contribution is -0.133. The molecular weight excluding hydrogens is 400 g/mol. The molecule has 1 atom stereocenters. The highest BCUT2D eigenvalue weighted by Gasteiger charge is 2.35. The number of nitrogens with zero attached hydrogens (tertiary/aromatic N) is 2. The lowest BCUT2D eigenvalue weighted by Crippen LogP contribution is -2.40. The fraction of sp³-hybridized carbons (Fsp3) is 0.389. The van der Waals surface area contributed by atoms with Gasteiger partial charge in [-0.15, -0.1) is 0 Å². The first-order valence-electron chi connectivity index (χ1n) is 8.92. The molecule has 0 aliphatic carbocycles. The van der Waals surface area contributed by atoms with E-state index in [4.69, 9.17) is 0 Å². The molecule has 3 amide bonds. The molecule has 8 nitrogen and oxygen atoms in total. The van der Waals surface area contributed by atoms with Crippen molar-refractivity contribution in [3.05, 3.63) is 39.1 Å². The Morgan fingerprint density at radius 3 is 2.68 bits per heavy atom. The summed E-state index contributed by atoms with van der Waals surface area (Å²) in [4.78, 5) is 56.6. The van der Waals surface area contributed by atoms with Crippen molar-refractivity contribution in [2.75, 3.05) is 13.1 Å². The van der Waals surface area contributed by atoms with E-state index in [1.54, 1.807) is 16.2 Å². The number of imide groups is 1. The number of aromatic nitrogens is 2. The lowest BCUT2D eigenvalue weighted by atomic mass is 9.95. The third kappa shape index (κ3) is 4.02. The Kier molecular flexibility index (Phi) is 5.31. The fourth-order valence-electron chi connectivity index (χ4n) is 3.45. The van der Waals surface area contributed by atoms with Crippen molar-refractivity contribution >= 4 is 40.2 Å². The van der Waals surface area contributed by atoms with Gasteiger partial charge in [-0.25, -0.2) is 4.98 Å².